The molecule has 2 atom stereocenters. The van der Waals surface area contributed by atoms with Gasteiger partial charge in [-0.2, -0.15) is 0 Å². The van der Waals surface area contributed by atoms with Crippen LogP contribution in [0.15, 0.2) is 36.4 Å². The Morgan fingerprint density at radius 2 is 2.04 bits per heavy atom. The molecule has 136 valence electrons. The average molecular weight is 384 g/mol. The number of rotatable bonds is 7. The van der Waals surface area contributed by atoms with Crippen LogP contribution in [0.25, 0.3) is 0 Å². The lowest BCUT2D eigenvalue weighted by molar-refractivity contribution is -0.146. The van der Waals surface area contributed by atoms with Crippen molar-refractivity contribution in [2.24, 2.45) is 11.3 Å². The van der Waals surface area contributed by atoms with Crippen molar-refractivity contribution in [3.8, 4) is 0 Å². The molecule has 7 heteroatoms. The third-order valence-corrected chi connectivity index (χ3v) is 6.64. The maximum atomic E-state index is 12.3. The third-order valence-electron chi connectivity index (χ3n) is 5.00. The van der Waals surface area contributed by atoms with Crippen LogP contribution in [0.5, 0.6) is 0 Å². The number of nitrogens with one attached hydrogen (secondary N) is 1. The van der Waals surface area contributed by atoms with Crippen LogP contribution in [-0.4, -0.2) is 32.6 Å². The molecule has 0 spiro atoms. The molecule has 5 nitrogen and oxygen atoms in total. The van der Waals surface area contributed by atoms with E-state index in [1.807, 2.05) is 12.1 Å². The predicted molar refractivity (Wildman–Crippen MR) is 98.1 cm³/mol. The Kier molecular flexibility index (Phi) is 5.11. The van der Waals surface area contributed by atoms with Gasteiger partial charge in [0.05, 0.1) is 17.8 Å². The van der Waals surface area contributed by atoms with E-state index in [-0.39, 0.29) is 17.6 Å². The highest BCUT2D eigenvalue weighted by molar-refractivity contribution is 7.92. The number of sulfonamides is 1. The summed E-state index contributed by atoms with van der Waals surface area (Å²) in [5.41, 5.74) is 2.10. The molecule has 0 radical (unpaired) electrons. The summed E-state index contributed by atoms with van der Waals surface area (Å²) in [5, 5.41) is 0. The average Bonchev–Trinajstić information content (AvgIpc) is 3.02. The van der Waals surface area contributed by atoms with Crippen LogP contribution >= 0.6 is 11.6 Å². The van der Waals surface area contributed by atoms with Crippen molar-refractivity contribution in [1.29, 1.82) is 0 Å². The second kappa shape index (κ2) is 7.00. The number of allylic oxidation sites excluding steroid dienone is 1. The van der Waals surface area contributed by atoms with Gasteiger partial charge in [-0.05, 0) is 43.4 Å². The highest BCUT2D eigenvalue weighted by Crippen LogP contribution is 2.52. The number of ether oxygens (including phenoxy) is 1. The molecule has 1 aliphatic heterocycles. The zero-order valence-electron chi connectivity index (χ0n) is 14.0. The molecule has 0 aromatic heterocycles. The smallest absolute Gasteiger partial charge is 0.313 e. The van der Waals surface area contributed by atoms with E-state index in [9.17, 15) is 13.2 Å². The molecular weight excluding hydrogens is 362 g/mol. The van der Waals surface area contributed by atoms with Gasteiger partial charge in [-0.25, -0.2) is 8.42 Å². The second-order valence-corrected chi connectivity index (χ2v) is 9.14. The minimum atomic E-state index is -3.38. The Morgan fingerprint density at radius 3 is 2.72 bits per heavy atom. The molecule has 1 saturated carbocycles. The van der Waals surface area contributed by atoms with Crippen molar-refractivity contribution in [1.82, 2.24) is 0 Å². The summed E-state index contributed by atoms with van der Waals surface area (Å²) < 4.78 is 31.6. The molecule has 25 heavy (non-hydrogen) atoms. The van der Waals surface area contributed by atoms with E-state index in [0.717, 1.165) is 17.6 Å². The van der Waals surface area contributed by atoms with E-state index in [1.165, 1.54) is 0 Å². The van der Waals surface area contributed by atoms with E-state index in [0.29, 0.717) is 37.4 Å². The number of benzene rings is 1. The summed E-state index contributed by atoms with van der Waals surface area (Å²) in [6.45, 7) is 4.51. The Balaban J connectivity index is 1.71. The molecule has 0 amide bonds. The van der Waals surface area contributed by atoms with Gasteiger partial charge in [-0.1, -0.05) is 24.3 Å². The molecule has 1 aromatic rings. The van der Waals surface area contributed by atoms with E-state index < -0.39 is 15.4 Å². The zero-order valence-corrected chi connectivity index (χ0v) is 15.5. The Labute approximate surface area is 153 Å². The van der Waals surface area contributed by atoms with Crippen LogP contribution < -0.4 is 4.72 Å². The second-order valence-electron chi connectivity index (χ2n) is 6.92. The largest absolute Gasteiger partial charge is 0.465 e. The molecule has 1 aliphatic carbocycles. The Morgan fingerprint density at radius 1 is 1.32 bits per heavy atom. The highest BCUT2D eigenvalue weighted by Gasteiger charge is 2.55. The van der Waals surface area contributed by atoms with Crippen molar-refractivity contribution in [3.05, 3.63) is 42.0 Å². The van der Waals surface area contributed by atoms with Gasteiger partial charge in [0, 0.05) is 17.5 Å². The summed E-state index contributed by atoms with van der Waals surface area (Å²) in [6.07, 6.45) is 2.51. The number of cyclic esters (lactones) is 1. The van der Waals surface area contributed by atoms with Gasteiger partial charge in [0.15, 0.2) is 0 Å². The first kappa shape index (κ1) is 18.3. The van der Waals surface area contributed by atoms with Crippen molar-refractivity contribution >= 4 is 33.3 Å². The third kappa shape index (κ3) is 3.85. The van der Waals surface area contributed by atoms with E-state index in [4.69, 9.17) is 16.3 Å². The van der Waals surface area contributed by atoms with E-state index in [1.54, 1.807) is 12.1 Å². The summed E-state index contributed by atoms with van der Waals surface area (Å²) in [7, 11) is -3.38. The molecule has 2 fully saturated rings. The zero-order chi connectivity index (χ0) is 18.1. The van der Waals surface area contributed by atoms with Gasteiger partial charge < -0.3 is 4.74 Å². The lowest BCUT2D eigenvalue weighted by Crippen LogP contribution is -2.31. The fraction of sp³-hybridized carbons (Fsp3) is 0.500. The molecule has 1 heterocycles. The van der Waals surface area contributed by atoms with Crippen LogP contribution in [-0.2, 0) is 26.0 Å². The van der Waals surface area contributed by atoms with Gasteiger partial charge in [0.25, 0.3) is 0 Å². The van der Waals surface area contributed by atoms with Crippen LogP contribution in [0.1, 0.15) is 24.8 Å². The fourth-order valence-electron chi connectivity index (χ4n) is 3.79. The van der Waals surface area contributed by atoms with Crippen LogP contribution in [0.3, 0.4) is 0 Å². The number of carbonyl (C=O) groups excluding carboxylic acids is 1. The maximum absolute atomic E-state index is 12.3. The molecule has 3 rings (SSSR count). The minimum absolute atomic E-state index is 0.00298. The Bertz CT molecular complexity index is 775. The number of fused-ring (bicyclic) bond motifs is 1. The number of hydrogen-bond donors (Lipinski definition) is 1. The lowest BCUT2D eigenvalue weighted by Gasteiger charge is -2.24. The summed E-state index contributed by atoms with van der Waals surface area (Å²) in [6, 6.07) is 7.17. The normalized spacial score (nSPS) is 25.7. The van der Waals surface area contributed by atoms with Crippen LogP contribution in [0.4, 0.5) is 5.69 Å². The first-order valence-electron chi connectivity index (χ1n) is 8.34. The Hall–Kier alpha value is -1.53. The number of anilines is 1. The molecule has 1 saturated heterocycles. The molecule has 2 unspecified atom stereocenters. The minimum Gasteiger partial charge on any atom is -0.465 e. The summed E-state index contributed by atoms with van der Waals surface area (Å²) in [5.74, 6) is 0.366. The molecule has 2 aliphatic rings. The fourth-order valence-corrected chi connectivity index (χ4v) is 5.21. The van der Waals surface area contributed by atoms with E-state index in [2.05, 4.69) is 11.3 Å². The summed E-state index contributed by atoms with van der Waals surface area (Å²) >= 11 is 5.54. The van der Waals surface area contributed by atoms with Crippen LogP contribution in [0.2, 0.25) is 0 Å². The van der Waals surface area contributed by atoms with E-state index >= 15 is 0 Å². The maximum Gasteiger partial charge on any atom is 0.313 e. The number of carbonyl (C=O) groups is 1. The monoisotopic (exact) mass is 383 g/mol. The number of alkyl halides is 1. The van der Waals surface area contributed by atoms with Gasteiger partial charge in [0.2, 0.25) is 10.0 Å². The molecule has 1 aromatic carbocycles. The summed E-state index contributed by atoms with van der Waals surface area (Å²) in [4.78, 5) is 12.3. The highest BCUT2D eigenvalue weighted by atomic mass is 35.5. The molecule has 1 N–H and O–H groups in total. The van der Waals surface area contributed by atoms with Crippen molar-refractivity contribution in [3.63, 3.8) is 0 Å². The topological polar surface area (TPSA) is 72.5 Å². The standard InChI is InChI=1S/C18H22ClNO4S/c1-13-9-15-12-24-17(21)18(15,10-13)11-14-3-5-16(6-4-14)20-25(22,23)8-2-7-19/h3-6,15,20H,1-2,7-12H2. The SMILES string of the molecule is C=C1CC2COC(=O)C2(Cc2ccc(NS(=O)(=O)CCCCl)cc2)C1. The predicted octanol–water partition coefficient (Wildman–Crippen LogP) is 3.11. The molecular formula is C18H22ClNO4S. The van der Waals surface area contributed by atoms with Gasteiger partial charge in [-0.3, -0.25) is 9.52 Å². The lowest BCUT2D eigenvalue weighted by atomic mass is 9.75. The molecule has 0 bridgehead atoms. The first-order valence-corrected chi connectivity index (χ1v) is 10.5. The van der Waals surface area contributed by atoms with Crippen molar-refractivity contribution < 1.29 is 17.9 Å². The number of hydrogen-bond acceptors (Lipinski definition) is 4. The van der Waals surface area contributed by atoms with Crippen LogP contribution in [0, 0.1) is 11.3 Å². The number of esters is 1. The number of halogens is 1. The first-order chi connectivity index (χ1) is 11.8. The van der Waals surface area contributed by atoms with Crippen molar-refractivity contribution in [2.75, 3.05) is 23.0 Å². The van der Waals surface area contributed by atoms with Gasteiger partial charge >= 0.3 is 5.97 Å². The van der Waals surface area contributed by atoms with Gasteiger partial charge in [-0.15, -0.1) is 11.6 Å². The quantitative estimate of drug-likeness (QED) is 0.446. The van der Waals surface area contributed by atoms with Gasteiger partial charge in [0.1, 0.15) is 0 Å². The van der Waals surface area contributed by atoms with Crippen molar-refractivity contribution in [2.45, 2.75) is 25.7 Å².